The lowest BCUT2D eigenvalue weighted by Gasteiger charge is -2.43. The molecule has 38 heavy (non-hydrogen) atoms. The zero-order valence-corrected chi connectivity index (χ0v) is 21.2. The molecule has 0 spiro atoms. The Morgan fingerprint density at radius 3 is 2.29 bits per heavy atom. The first-order valence-electron chi connectivity index (χ1n) is 12.9. The number of primary amides is 1. The van der Waals surface area contributed by atoms with Crippen LogP contribution in [0.15, 0.2) is 54.6 Å². The average molecular weight is 524 g/mol. The van der Waals surface area contributed by atoms with Crippen LogP contribution in [0.4, 0.5) is 10.5 Å². The molecular weight excluding hydrogens is 490 g/mol. The summed E-state index contributed by atoms with van der Waals surface area (Å²) in [4.78, 5) is 52.2. The number of hydrogen-bond donors (Lipinski definition) is 2. The summed E-state index contributed by atoms with van der Waals surface area (Å²) < 4.78 is 5.41. The molecule has 1 saturated heterocycles. The summed E-state index contributed by atoms with van der Waals surface area (Å²) in [6, 6.07) is 14.0. The summed E-state index contributed by atoms with van der Waals surface area (Å²) in [5.74, 6) is -1.04. The number of piperazine rings is 1. The second-order valence-corrected chi connectivity index (χ2v) is 9.71. The van der Waals surface area contributed by atoms with Crippen LogP contribution in [0.25, 0.3) is 0 Å². The number of carbonyl (C=O) groups is 3. The highest BCUT2D eigenvalue weighted by molar-refractivity contribution is 5.88. The van der Waals surface area contributed by atoms with Crippen LogP contribution < -0.4 is 11.1 Å². The van der Waals surface area contributed by atoms with Gasteiger partial charge in [0.25, 0.3) is 5.69 Å². The summed E-state index contributed by atoms with van der Waals surface area (Å²) >= 11 is 0. The van der Waals surface area contributed by atoms with E-state index in [0.717, 1.165) is 25.7 Å². The predicted octanol–water partition coefficient (Wildman–Crippen LogP) is 2.75. The molecule has 4 rings (SSSR count). The van der Waals surface area contributed by atoms with Gasteiger partial charge in [0, 0.05) is 44.4 Å². The minimum absolute atomic E-state index is 0.0175. The Balaban J connectivity index is 1.30. The Labute approximate surface area is 221 Å². The fraction of sp³-hybridized carbons (Fsp3) is 0.444. The molecule has 3 atom stereocenters. The van der Waals surface area contributed by atoms with Gasteiger partial charge in [-0.1, -0.05) is 43.2 Å². The monoisotopic (exact) mass is 523 g/mol. The van der Waals surface area contributed by atoms with Crippen molar-refractivity contribution in [3.05, 3.63) is 75.8 Å². The predicted molar refractivity (Wildman–Crippen MR) is 139 cm³/mol. The number of nitro benzene ring substituents is 1. The quantitative estimate of drug-likeness (QED) is 0.399. The number of nitrogens with one attached hydrogen (secondary N) is 1. The van der Waals surface area contributed by atoms with Gasteiger partial charge in [0.2, 0.25) is 11.8 Å². The number of ether oxygens (including phenoxy) is 1. The van der Waals surface area contributed by atoms with Gasteiger partial charge in [-0.05, 0) is 36.1 Å². The number of benzene rings is 2. The minimum atomic E-state index is -0.881. The number of hydrogen-bond acceptors (Lipinski definition) is 7. The Kier molecular flexibility index (Phi) is 8.90. The molecule has 1 aliphatic carbocycles. The van der Waals surface area contributed by atoms with Crippen molar-refractivity contribution in [1.29, 1.82) is 0 Å². The van der Waals surface area contributed by atoms with E-state index < -0.39 is 23.0 Å². The largest absolute Gasteiger partial charge is 0.445 e. The van der Waals surface area contributed by atoms with Gasteiger partial charge in [0.05, 0.1) is 10.8 Å². The maximum Gasteiger partial charge on any atom is 0.410 e. The fourth-order valence-corrected chi connectivity index (χ4v) is 5.25. The fourth-order valence-electron chi connectivity index (χ4n) is 5.25. The summed E-state index contributed by atoms with van der Waals surface area (Å²) in [6.45, 7) is 2.19. The molecule has 2 fully saturated rings. The van der Waals surface area contributed by atoms with E-state index in [1.807, 2.05) is 6.07 Å². The third kappa shape index (κ3) is 6.65. The van der Waals surface area contributed by atoms with E-state index in [4.69, 9.17) is 10.5 Å². The van der Waals surface area contributed by atoms with Crippen molar-refractivity contribution >= 4 is 23.6 Å². The van der Waals surface area contributed by atoms with E-state index in [-0.39, 0.29) is 30.2 Å². The minimum Gasteiger partial charge on any atom is -0.445 e. The first-order chi connectivity index (χ1) is 18.3. The third-order valence-corrected chi connectivity index (χ3v) is 7.32. The molecular formula is C27H33N5O6. The van der Waals surface area contributed by atoms with Crippen LogP contribution in [0.5, 0.6) is 0 Å². The molecule has 1 heterocycles. The Morgan fingerprint density at radius 1 is 1.00 bits per heavy atom. The molecule has 2 aromatic carbocycles. The van der Waals surface area contributed by atoms with Crippen molar-refractivity contribution in [3.63, 3.8) is 0 Å². The molecule has 1 aliphatic heterocycles. The molecule has 2 aliphatic rings. The molecule has 0 aromatic heterocycles. The smallest absolute Gasteiger partial charge is 0.410 e. The van der Waals surface area contributed by atoms with Crippen molar-refractivity contribution in [3.8, 4) is 0 Å². The lowest BCUT2D eigenvalue weighted by atomic mass is 9.82. The number of non-ortho nitro benzene ring substituents is 1. The van der Waals surface area contributed by atoms with E-state index in [2.05, 4.69) is 10.2 Å². The molecule has 3 N–H and O–H groups in total. The summed E-state index contributed by atoms with van der Waals surface area (Å²) in [5, 5.41) is 13.7. The highest BCUT2D eigenvalue weighted by Crippen LogP contribution is 2.30. The lowest BCUT2D eigenvalue weighted by molar-refractivity contribution is -0.384. The van der Waals surface area contributed by atoms with Crippen LogP contribution in [-0.2, 0) is 20.9 Å². The van der Waals surface area contributed by atoms with Crippen molar-refractivity contribution < 1.29 is 24.0 Å². The molecule has 11 heteroatoms. The highest BCUT2D eigenvalue weighted by atomic mass is 16.6. The standard InChI is InChI=1S/C27H33N5O6/c28-25(33)24(20-6-2-1-3-7-20)29-26(34)22-8-4-5-9-23(22)30-14-16-31(17-15-30)27(35)38-18-19-10-12-21(13-11-19)32(36)37/h1-3,6-7,10-13,22-24H,4-5,8-9,14-18H2,(H2,28,33)(H,29,34)/t22-,23-,24+/m1/s1. The molecule has 0 unspecified atom stereocenters. The maximum atomic E-state index is 13.3. The zero-order valence-electron chi connectivity index (χ0n) is 21.2. The molecule has 0 radical (unpaired) electrons. The number of carbonyl (C=O) groups excluding carboxylic acids is 3. The number of amides is 3. The van der Waals surface area contributed by atoms with Gasteiger partial charge in [-0.15, -0.1) is 0 Å². The lowest BCUT2D eigenvalue weighted by Crippen LogP contribution is -2.56. The first kappa shape index (κ1) is 27.1. The Bertz CT molecular complexity index is 1130. The second-order valence-electron chi connectivity index (χ2n) is 9.71. The Hall–Kier alpha value is -3.99. The molecule has 2 aromatic rings. The molecule has 11 nitrogen and oxygen atoms in total. The van der Waals surface area contributed by atoms with Gasteiger partial charge in [-0.2, -0.15) is 0 Å². The van der Waals surface area contributed by atoms with E-state index in [0.29, 0.717) is 37.3 Å². The van der Waals surface area contributed by atoms with Gasteiger partial charge in [0.1, 0.15) is 12.6 Å². The number of rotatable bonds is 8. The Morgan fingerprint density at radius 2 is 1.66 bits per heavy atom. The summed E-state index contributed by atoms with van der Waals surface area (Å²) in [7, 11) is 0. The maximum absolute atomic E-state index is 13.3. The van der Waals surface area contributed by atoms with Gasteiger partial charge >= 0.3 is 6.09 Å². The van der Waals surface area contributed by atoms with E-state index >= 15 is 0 Å². The van der Waals surface area contributed by atoms with Crippen molar-refractivity contribution in [1.82, 2.24) is 15.1 Å². The van der Waals surface area contributed by atoms with E-state index in [9.17, 15) is 24.5 Å². The van der Waals surface area contributed by atoms with Gasteiger partial charge in [-0.3, -0.25) is 24.6 Å². The molecule has 0 bridgehead atoms. The van der Waals surface area contributed by atoms with Gasteiger partial charge in [0.15, 0.2) is 0 Å². The number of nitro groups is 1. The topological polar surface area (TPSA) is 148 Å². The van der Waals surface area contributed by atoms with Crippen LogP contribution in [0.2, 0.25) is 0 Å². The van der Waals surface area contributed by atoms with Crippen molar-refractivity contribution in [2.24, 2.45) is 11.7 Å². The van der Waals surface area contributed by atoms with E-state index in [1.54, 1.807) is 41.3 Å². The molecule has 1 saturated carbocycles. The summed E-state index contributed by atoms with van der Waals surface area (Å²) in [5.41, 5.74) is 6.91. The van der Waals surface area contributed by atoms with Crippen molar-refractivity contribution in [2.45, 2.75) is 44.4 Å². The average Bonchev–Trinajstić information content (AvgIpc) is 2.95. The van der Waals surface area contributed by atoms with Gasteiger partial charge in [-0.25, -0.2) is 4.79 Å². The van der Waals surface area contributed by atoms with Gasteiger partial charge < -0.3 is 20.7 Å². The van der Waals surface area contributed by atoms with Crippen LogP contribution in [0.3, 0.4) is 0 Å². The molecule has 3 amide bonds. The first-order valence-corrected chi connectivity index (χ1v) is 12.9. The SMILES string of the molecule is NC(=O)[C@@H](NC(=O)[C@@H]1CCCC[C@H]1N1CCN(C(=O)OCc2ccc([N+](=O)[O-])cc2)CC1)c1ccccc1. The van der Waals surface area contributed by atoms with Crippen LogP contribution in [-0.4, -0.2) is 64.9 Å². The normalized spacial score (nSPS) is 20.8. The second kappa shape index (κ2) is 12.5. The molecule has 202 valence electrons. The zero-order chi connectivity index (χ0) is 27.1. The van der Waals surface area contributed by atoms with E-state index in [1.165, 1.54) is 12.1 Å². The number of nitrogens with zero attached hydrogens (tertiary/aromatic N) is 3. The number of nitrogens with two attached hydrogens (primary N) is 1. The van der Waals surface area contributed by atoms with Crippen molar-refractivity contribution in [2.75, 3.05) is 26.2 Å². The third-order valence-electron chi connectivity index (χ3n) is 7.32. The summed E-state index contributed by atoms with van der Waals surface area (Å²) in [6.07, 6.45) is 3.12. The van der Waals surface area contributed by atoms with Crippen LogP contribution in [0.1, 0.15) is 42.9 Å². The van der Waals surface area contributed by atoms with Crippen LogP contribution in [0, 0.1) is 16.0 Å². The highest BCUT2D eigenvalue weighted by Gasteiger charge is 2.38. The van der Waals surface area contributed by atoms with Crippen LogP contribution >= 0.6 is 0 Å².